The number of hydrogen-bond acceptors (Lipinski definition) is 5. The van der Waals surface area contributed by atoms with Gasteiger partial charge < -0.3 is 24.8 Å². The SMILES string of the molecule is COc1ccc(NC(=O)Nc2cccc(OCCCN3CCOCC3)c2)cc1. The van der Waals surface area contributed by atoms with Crippen molar-refractivity contribution in [3.8, 4) is 11.5 Å². The van der Waals surface area contributed by atoms with Crippen LogP contribution in [0.4, 0.5) is 16.2 Å². The van der Waals surface area contributed by atoms with Gasteiger partial charge in [-0.2, -0.15) is 0 Å². The maximum Gasteiger partial charge on any atom is 0.323 e. The maximum absolute atomic E-state index is 12.2. The largest absolute Gasteiger partial charge is 0.497 e. The van der Waals surface area contributed by atoms with E-state index in [0.717, 1.165) is 50.8 Å². The van der Waals surface area contributed by atoms with Gasteiger partial charge in [-0.3, -0.25) is 4.90 Å². The van der Waals surface area contributed by atoms with Crippen molar-refractivity contribution in [3.05, 3.63) is 48.5 Å². The molecule has 0 saturated carbocycles. The zero-order valence-electron chi connectivity index (χ0n) is 16.1. The van der Waals surface area contributed by atoms with Crippen LogP contribution in [0, 0.1) is 0 Å². The third-order valence-electron chi connectivity index (χ3n) is 4.43. The van der Waals surface area contributed by atoms with Crippen LogP contribution in [0.2, 0.25) is 0 Å². The molecule has 0 unspecified atom stereocenters. The Morgan fingerprint density at radius 3 is 2.54 bits per heavy atom. The lowest BCUT2D eigenvalue weighted by Gasteiger charge is -2.26. The number of hydrogen-bond donors (Lipinski definition) is 2. The van der Waals surface area contributed by atoms with E-state index in [1.165, 1.54) is 0 Å². The zero-order valence-corrected chi connectivity index (χ0v) is 16.1. The van der Waals surface area contributed by atoms with Gasteiger partial charge in [0.05, 0.1) is 26.9 Å². The van der Waals surface area contributed by atoms with Gasteiger partial charge in [-0.1, -0.05) is 6.07 Å². The standard InChI is InChI=1S/C21H27N3O4/c1-26-19-8-6-17(7-9-19)22-21(25)23-18-4-2-5-20(16-18)28-13-3-10-24-11-14-27-15-12-24/h2,4-9,16H,3,10-15H2,1H3,(H2,22,23,25). The quantitative estimate of drug-likeness (QED) is 0.681. The molecule has 150 valence electrons. The molecule has 0 aliphatic carbocycles. The minimum atomic E-state index is -0.311. The Kier molecular flexibility index (Phi) is 7.52. The summed E-state index contributed by atoms with van der Waals surface area (Å²) in [5.41, 5.74) is 1.37. The predicted molar refractivity (Wildman–Crippen MR) is 109 cm³/mol. The molecule has 1 heterocycles. The maximum atomic E-state index is 12.2. The molecule has 1 aliphatic rings. The number of urea groups is 1. The highest BCUT2D eigenvalue weighted by Gasteiger charge is 2.09. The first-order chi connectivity index (χ1) is 13.7. The second kappa shape index (κ2) is 10.5. The van der Waals surface area contributed by atoms with Gasteiger partial charge in [-0.25, -0.2) is 4.79 Å². The monoisotopic (exact) mass is 385 g/mol. The highest BCUT2D eigenvalue weighted by atomic mass is 16.5. The first-order valence-electron chi connectivity index (χ1n) is 9.48. The molecule has 0 bridgehead atoms. The molecular formula is C21H27N3O4. The molecule has 0 atom stereocenters. The number of methoxy groups -OCH3 is 1. The Morgan fingerprint density at radius 2 is 1.79 bits per heavy atom. The number of anilines is 2. The Hall–Kier alpha value is -2.77. The molecule has 2 amide bonds. The van der Waals surface area contributed by atoms with Crippen molar-refractivity contribution in [1.82, 2.24) is 4.90 Å². The first kappa shape index (κ1) is 20.0. The molecule has 1 saturated heterocycles. The number of carbonyl (C=O) groups excluding carboxylic acids is 1. The number of nitrogens with one attached hydrogen (secondary N) is 2. The van der Waals surface area contributed by atoms with Gasteiger partial charge in [0.25, 0.3) is 0 Å². The zero-order chi connectivity index (χ0) is 19.6. The van der Waals surface area contributed by atoms with Gasteiger partial charge in [0.15, 0.2) is 0 Å². The Morgan fingerprint density at radius 1 is 1.04 bits per heavy atom. The van der Waals surface area contributed by atoms with Gasteiger partial charge in [0, 0.05) is 37.1 Å². The highest BCUT2D eigenvalue weighted by molar-refractivity contribution is 5.99. The molecule has 3 rings (SSSR count). The fourth-order valence-electron chi connectivity index (χ4n) is 2.93. The normalized spacial score (nSPS) is 14.3. The van der Waals surface area contributed by atoms with Gasteiger partial charge in [-0.15, -0.1) is 0 Å². The summed E-state index contributed by atoms with van der Waals surface area (Å²) in [5.74, 6) is 1.48. The van der Waals surface area contributed by atoms with Crippen LogP contribution >= 0.6 is 0 Å². The Bertz CT molecular complexity index is 746. The van der Waals surface area contributed by atoms with Gasteiger partial charge in [0.1, 0.15) is 11.5 Å². The minimum Gasteiger partial charge on any atom is -0.497 e. The number of benzene rings is 2. The summed E-state index contributed by atoms with van der Waals surface area (Å²) in [4.78, 5) is 14.6. The van der Waals surface area contributed by atoms with Crippen LogP contribution in [0.15, 0.2) is 48.5 Å². The van der Waals surface area contributed by atoms with Crippen molar-refractivity contribution >= 4 is 17.4 Å². The predicted octanol–water partition coefficient (Wildman–Crippen LogP) is 3.44. The molecule has 2 N–H and O–H groups in total. The average molecular weight is 385 g/mol. The molecule has 28 heavy (non-hydrogen) atoms. The van der Waals surface area contributed by atoms with E-state index in [2.05, 4.69) is 15.5 Å². The Balaban J connectivity index is 1.42. The first-order valence-corrected chi connectivity index (χ1v) is 9.48. The van der Waals surface area contributed by atoms with Crippen LogP contribution in [0.1, 0.15) is 6.42 Å². The van der Waals surface area contributed by atoms with E-state index in [1.54, 1.807) is 31.4 Å². The van der Waals surface area contributed by atoms with E-state index in [1.807, 2.05) is 24.3 Å². The smallest absolute Gasteiger partial charge is 0.323 e. The van der Waals surface area contributed by atoms with E-state index < -0.39 is 0 Å². The van der Waals surface area contributed by atoms with Crippen molar-refractivity contribution in [2.75, 3.05) is 57.2 Å². The second-order valence-electron chi connectivity index (χ2n) is 6.49. The number of nitrogens with zero attached hydrogens (tertiary/aromatic N) is 1. The summed E-state index contributed by atoms with van der Waals surface area (Å²) in [6, 6.07) is 14.2. The van der Waals surface area contributed by atoms with Crippen molar-refractivity contribution < 1.29 is 19.0 Å². The lowest BCUT2D eigenvalue weighted by atomic mass is 10.3. The van der Waals surface area contributed by atoms with Gasteiger partial charge in [-0.05, 0) is 42.8 Å². The summed E-state index contributed by atoms with van der Waals surface area (Å²) in [6.45, 7) is 5.25. The van der Waals surface area contributed by atoms with Crippen LogP contribution in [0.5, 0.6) is 11.5 Å². The molecular weight excluding hydrogens is 358 g/mol. The molecule has 7 heteroatoms. The van der Waals surface area contributed by atoms with E-state index in [9.17, 15) is 4.79 Å². The van der Waals surface area contributed by atoms with E-state index >= 15 is 0 Å². The molecule has 1 aliphatic heterocycles. The van der Waals surface area contributed by atoms with Crippen LogP contribution in [-0.2, 0) is 4.74 Å². The number of rotatable bonds is 8. The summed E-state index contributed by atoms with van der Waals surface area (Å²) in [5, 5.41) is 5.61. The summed E-state index contributed by atoms with van der Waals surface area (Å²) >= 11 is 0. The molecule has 0 radical (unpaired) electrons. The third kappa shape index (κ3) is 6.44. The number of morpholine rings is 1. The van der Waals surface area contributed by atoms with E-state index in [-0.39, 0.29) is 6.03 Å². The van der Waals surface area contributed by atoms with Crippen molar-refractivity contribution in [1.29, 1.82) is 0 Å². The third-order valence-corrected chi connectivity index (χ3v) is 4.43. The summed E-state index contributed by atoms with van der Waals surface area (Å²) < 4.78 is 16.3. The summed E-state index contributed by atoms with van der Waals surface area (Å²) in [7, 11) is 1.60. The molecule has 0 aromatic heterocycles. The lowest BCUT2D eigenvalue weighted by Crippen LogP contribution is -2.37. The number of ether oxygens (including phenoxy) is 3. The topological polar surface area (TPSA) is 72.1 Å². The van der Waals surface area contributed by atoms with Crippen molar-refractivity contribution in [2.24, 2.45) is 0 Å². The minimum absolute atomic E-state index is 0.311. The summed E-state index contributed by atoms with van der Waals surface area (Å²) in [6.07, 6.45) is 0.954. The van der Waals surface area contributed by atoms with Crippen LogP contribution in [-0.4, -0.2) is 57.5 Å². The molecule has 0 spiro atoms. The fourth-order valence-corrected chi connectivity index (χ4v) is 2.93. The number of carbonyl (C=O) groups is 1. The van der Waals surface area contributed by atoms with Crippen LogP contribution in [0.25, 0.3) is 0 Å². The second-order valence-corrected chi connectivity index (χ2v) is 6.49. The van der Waals surface area contributed by atoms with Crippen LogP contribution < -0.4 is 20.1 Å². The molecule has 2 aromatic carbocycles. The van der Waals surface area contributed by atoms with E-state index in [0.29, 0.717) is 18.0 Å². The lowest BCUT2D eigenvalue weighted by molar-refractivity contribution is 0.0358. The van der Waals surface area contributed by atoms with E-state index in [4.69, 9.17) is 14.2 Å². The molecule has 1 fully saturated rings. The van der Waals surface area contributed by atoms with Crippen molar-refractivity contribution in [3.63, 3.8) is 0 Å². The molecule has 2 aromatic rings. The Labute approximate surface area is 165 Å². The average Bonchev–Trinajstić information content (AvgIpc) is 2.73. The van der Waals surface area contributed by atoms with Crippen LogP contribution in [0.3, 0.4) is 0 Å². The van der Waals surface area contributed by atoms with Gasteiger partial charge >= 0.3 is 6.03 Å². The molecule has 7 nitrogen and oxygen atoms in total. The highest BCUT2D eigenvalue weighted by Crippen LogP contribution is 2.19. The number of amides is 2. The van der Waals surface area contributed by atoms with Gasteiger partial charge in [0.2, 0.25) is 0 Å². The van der Waals surface area contributed by atoms with Crippen molar-refractivity contribution in [2.45, 2.75) is 6.42 Å². The fraction of sp³-hybridized carbons (Fsp3) is 0.381.